The lowest BCUT2D eigenvalue weighted by Crippen LogP contribution is -2.33. The summed E-state index contributed by atoms with van der Waals surface area (Å²) in [5.74, 6) is 3.22. The van der Waals surface area contributed by atoms with Crippen molar-refractivity contribution in [3.05, 3.63) is 83.1 Å². The maximum atomic E-state index is 13.6. The molecule has 0 fully saturated rings. The first kappa shape index (κ1) is 24.0. The topological polar surface area (TPSA) is 97.1 Å². The van der Waals surface area contributed by atoms with Crippen LogP contribution in [0.4, 0.5) is 0 Å². The minimum absolute atomic E-state index is 0.0731. The number of carbonyl (C=O) groups is 1. The number of ether oxygens (including phenoxy) is 4. The summed E-state index contributed by atoms with van der Waals surface area (Å²) in [6, 6.07) is 15.1. The van der Waals surface area contributed by atoms with E-state index >= 15 is 0 Å². The largest absolute Gasteiger partial charge is 0.497 e. The van der Waals surface area contributed by atoms with Crippen LogP contribution in [-0.2, 0) is 11.4 Å². The highest BCUT2D eigenvalue weighted by Crippen LogP contribution is 2.50. The van der Waals surface area contributed by atoms with Gasteiger partial charge in [-0.1, -0.05) is 38.1 Å². The van der Waals surface area contributed by atoms with E-state index < -0.39 is 5.92 Å². The Balaban J connectivity index is 1.45. The molecule has 38 heavy (non-hydrogen) atoms. The van der Waals surface area contributed by atoms with E-state index in [0.29, 0.717) is 58.6 Å². The van der Waals surface area contributed by atoms with Crippen LogP contribution >= 0.6 is 0 Å². The summed E-state index contributed by atoms with van der Waals surface area (Å²) in [7, 11) is 3.23. The molecule has 1 atom stereocenters. The van der Waals surface area contributed by atoms with Gasteiger partial charge in [0.15, 0.2) is 28.8 Å². The van der Waals surface area contributed by atoms with E-state index in [-0.39, 0.29) is 17.8 Å². The first-order valence-corrected chi connectivity index (χ1v) is 12.4. The molecule has 2 aromatic heterocycles. The predicted molar refractivity (Wildman–Crippen MR) is 139 cm³/mol. The molecule has 1 aliphatic carbocycles. The van der Waals surface area contributed by atoms with E-state index in [1.54, 1.807) is 25.1 Å². The number of rotatable bonds is 6. The van der Waals surface area contributed by atoms with Gasteiger partial charge in [-0.2, -0.15) is 0 Å². The molecule has 2 aromatic carbocycles. The van der Waals surface area contributed by atoms with Crippen molar-refractivity contribution in [2.45, 2.75) is 39.2 Å². The van der Waals surface area contributed by atoms with Crippen LogP contribution in [-0.4, -0.2) is 39.6 Å². The van der Waals surface area contributed by atoms with E-state index in [4.69, 9.17) is 23.9 Å². The number of hydrogen-bond donors (Lipinski definition) is 0. The van der Waals surface area contributed by atoms with E-state index in [9.17, 15) is 4.79 Å². The molecule has 0 amide bonds. The minimum atomic E-state index is -0.397. The molecule has 9 nitrogen and oxygen atoms in total. The molecule has 6 rings (SSSR count). The normalized spacial score (nSPS) is 18.0. The first-order valence-electron chi connectivity index (χ1n) is 12.4. The van der Waals surface area contributed by atoms with Crippen molar-refractivity contribution >= 4 is 11.4 Å². The maximum Gasteiger partial charge on any atom is 0.228 e. The third-order valence-corrected chi connectivity index (χ3v) is 6.98. The lowest BCUT2D eigenvalue weighted by atomic mass is 9.70. The van der Waals surface area contributed by atoms with Crippen LogP contribution in [0.15, 0.2) is 66.2 Å². The molecule has 0 radical (unpaired) electrons. The summed E-state index contributed by atoms with van der Waals surface area (Å²) in [4.78, 5) is 23.0. The molecule has 0 bridgehead atoms. The van der Waals surface area contributed by atoms with Crippen molar-refractivity contribution in [2.75, 3.05) is 14.2 Å². The Morgan fingerprint density at radius 1 is 1.03 bits per heavy atom. The number of nitrogens with zero attached hydrogens (tertiary/aromatic N) is 4. The lowest BCUT2D eigenvalue weighted by Gasteiger charge is -2.37. The zero-order valence-corrected chi connectivity index (χ0v) is 21.7. The summed E-state index contributed by atoms with van der Waals surface area (Å²) in [6.45, 7) is 4.30. The Hall–Kier alpha value is -4.40. The molecule has 3 heterocycles. The number of fused-ring (bicyclic) bond motifs is 3. The van der Waals surface area contributed by atoms with Crippen molar-refractivity contribution in [3.8, 4) is 23.1 Å². The second-order valence-corrected chi connectivity index (χ2v) is 10.3. The van der Waals surface area contributed by atoms with Gasteiger partial charge in [-0.3, -0.25) is 4.79 Å². The molecule has 1 aliphatic heterocycles. The van der Waals surface area contributed by atoms with Gasteiger partial charge < -0.3 is 18.9 Å². The molecule has 0 unspecified atom stereocenters. The monoisotopic (exact) mass is 512 g/mol. The Bertz CT molecular complexity index is 1570. The van der Waals surface area contributed by atoms with Crippen molar-refractivity contribution in [3.63, 3.8) is 0 Å². The molecule has 0 spiro atoms. The number of ketones is 1. The van der Waals surface area contributed by atoms with Gasteiger partial charge in [0, 0.05) is 24.3 Å². The molecular weight excluding hydrogens is 484 g/mol. The van der Waals surface area contributed by atoms with E-state index in [0.717, 1.165) is 11.3 Å². The average molecular weight is 513 g/mol. The standard InChI is InChI=1S/C29H28N4O5/c1-29(2)13-19(34)25-22(14-29)38-28-26(24(25)17-9-11-18(35-3)12-10-17)27-31-23(32-33(27)16-30-28)15-37-21-8-6-5-7-20(21)36-4/h5-12,16,24H,13-15H2,1-4H3/t24-/m1/s1. The highest BCUT2D eigenvalue weighted by Gasteiger charge is 2.44. The molecule has 9 heteroatoms. The summed E-state index contributed by atoms with van der Waals surface area (Å²) < 4.78 is 24.6. The fraction of sp³-hybridized carbons (Fsp3) is 0.310. The van der Waals surface area contributed by atoms with Crippen LogP contribution in [0.3, 0.4) is 0 Å². The Kier molecular flexibility index (Phi) is 5.78. The third kappa shape index (κ3) is 4.13. The minimum Gasteiger partial charge on any atom is -0.497 e. The Labute approximate surface area is 220 Å². The van der Waals surface area contributed by atoms with Crippen LogP contribution in [0, 0.1) is 5.41 Å². The van der Waals surface area contributed by atoms with Crippen molar-refractivity contribution in [2.24, 2.45) is 5.41 Å². The highest BCUT2D eigenvalue weighted by atomic mass is 16.5. The molecule has 4 aromatic rings. The van der Waals surface area contributed by atoms with E-state index in [1.165, 1.54) is 0 Å². The van der Waals surface area contributed by atoms with Gasteiger partial charge in [0.25, 0.3) is 0 Å². The zero-order chi connectivity index (χ0) is 26.4. The number of Topliss-reactive ketones (excluding diaryl/α,β-unsaturated/α-hetero) is 1. The Morgan fingerprint density at radius 3 is 2.53 bits per heavy atom. The molecule has 0 N–H and O–H groups in total. The number of hydrogen-bond acceptors (Lipinski definition) is 8. The second kappa shape index (κ2) is 9.16. The summed E-state index contributed by atoms with van der Waals surface area (Å²) in [5.41, 5.74) is 2.67. The summed E-state index contributed by atoms with van der Waals surface area (Å²) in [6.07, 6.45) is 2.68. The molecule has 194 valence electrons. The number of aromatic nitrogens is 4. The smallest absolute Gasteiger partial charge is 0.228 e. The molecular formula is C29H28N4O5. The number of methoxy groups -OCH3 is 2. The van der Waals surface area contributed by atoms with Gasteiger partial charge in [0.1, 0.15) is 24.4 Å². The fourth-order valence-electron chi connectivity index (χ4n) is 5.26. The lowest BCUT2D eigenvalue weighted by molar-refractivity contribution is -0.118. The SMILES string of the molecule is COc1ccc([C@@H]2C3=C(CC(C)(C)CC3=O)Oc3ncn4nc(COc5ccccc5OC)nc4c32)cc1. The number of carbonyl (C=O) groups excluding carboxylic acids is 1. The van der Waals surface area contributed by atoms with Gasteiger partial charge in [0.05, 0.1) is 19.8 Å². The maximum absolute atomic E-state index is 13.6. The predicted octanol–water partition coefficient (Wildman–Crippen LogP) is 4.89. The van der Waals surface area contributed by atoms with Gasteiger partial charge in [-0.25, -0.2) is 14.5 Å². The van der Waals surface area contributed by atoms with Gasteiger partial charge in [-0.05, 0) is 35.2 Å². The molecule has 0 saturated heterocycles. The van der Waals surface area contributed by atoms with Crippen LogP contribution in [0.2, 0.25) is 0 Å². The van der Waals surface area contributed by atoms with E-state index in [1.807, 2.05) is 48.5 Å². The number of allylic oxidation sites excluding steroid dienone is 2. The van der Waals surface area contributed by atoms with Gasteiger partial charge >= 0.3 is 0 Å². The summed E-state index contributed by atoms with van der Waals surface area (Å²) in [5, 5.41) is 4.59. The van der Waals surface area contributed by atoms with Crippen molar-refractivity contribution < 1.29 is 23.7 Å². The van der Waals surface area contributed by atoms with Crippen molar-refractivity contribution in [1.82, 2.24) is 19.6 Å². The third-order valence-electron chi connectivity index (χ3n) is 6.98. The van der Waals surface area contributed by atoms with Gasteiger partial charge in [0.2, 0.25) is 5.88 Å². The zero-order valence-electron chi connectivity index (χ0n) is 21.7. The van der Waals surface area contributed by atoms with Crippen LogP contribution in [0.1, 0.15) is 49.6 Å². The van der Waals surface area contributed by atoms with Crippen LogP contribution < -0.4 is 18.9 Å². The summed E-state index contributed by atoms with van der Waals surface area (Å²) >= 11 is 0. The molecule has 2 aliphatic rings. The average Bonchev–Trinajstić information content (AvgIpc) is 3.33. The highest BCUT2D eigenvalue weighted by molar-refractivity contribution is 6.00. The first-order chi connectivity index (χ1) is 18.4. The van der Waals surface area contributed by atoms with Gasteiger partial charge in [-0.15, -0.1) is 5.10 Å². The Morgan fingerprint density at radius 2 is 1.79 bits per heavy atom. The number of para-hydroxylation sites is 2. The van der Waals surface area contributed by atoms with Crippen molar-refractivity contribution in [1.29, 1.82) is 0 Å². The quantitative estimate of drug-likeness (QED) is 0.360. The van der Waals surface area contributed by atoms with Crippen LogP contribution in [0.5, 0.6) is 23.1 Å². The second-order valence-electron chi connectivity index (χ2n) is 10.3. The van der Waals surface area contributed by atoms with E-state index in [2.05, 4.69) is 23.9 Å². The van der Waals surface area contributed by atoms with Crippen LogP contribution in [0.25, 0.3) is 5.65 Å². The molecule has 0 saturated carbocycles. The number of benzene rings is 2. The fourth-order valence-corrected chi connectivity index (χ4v) is 5.26.